The SMILES string of the molecule is C1=CC(C2=CCCC=C2)=CC(c2ccccc2)=CC1.Cc1ccccc1. The van der Waals surface area contributed by atoms with Gasteiger partial charge in [-0.25, -0.2) is 0 Å². The molecule has 0 amide bonds. The molecule has 0 heteroatoms. The van der Waals surface area contributed by atoms with Crippen LogP contribution < -0.4 is 0 Å². The lowest BCUT2D eigenvalue weighted by molar-refractivity contribution is 1.02. The summed E-state index contributed by atoms with van der Waals surface area (Å²) in [4.78, 5) is 0. The molecule has 2 aromatic carbocycles. The van der Waals surface area contributed by atoms with Crippen LogP contribution in [0.1, 0.15) is 30.4 Å². The molecule has 0 N–H and O–H groups in total. The molecule has 0 aliphatic heterocycles. The van der Waals surface area contributed by atoms with Gasteiger partial charge in [0.2, 0.25) is 0 Å². The van der Waals surface area contributed by atoms with Crippen LogP contribution in [-0.4, -0.2) is 0 Å². The molecule has 0 heterocycles. The summed E-state index contributed by atoms with van der Waals surface area (Å²) < 4.78 is 0. The second-order valence-electron chi connectivity index (χ2n) is 6.56. The minimum absolute atomic E-state index is 1.00. The van der Waals surface area contributed by atoms with Crippen LogP contribution in [0.2, 0.25) is 0 Å². The van der Waals surface area contributed by atoms with Crippen molar-refractivity contribution in [3.63, 3.8) is 0 Å². The summed E-state index contributed by atoms with van der Waals surface area (Å²) in [5.74, 6) is 0. The molecule has 2 aromatic rings. The van der Waals surface area contributed by atoms with Crippen LogP contribution in [-0.2, 0) is 0 Å². The summed E-state index contributed by atoms with van der Waals surface area (Å²) in [5, 5.41) is 0. The predicted octanol–water partition coefficient (Wildman–Crippen LogP) is 7.23. The number of aryl methyl sites for hydroxylation is 1. The average Bonchev–Trinajstić information content (AvgIpc) is 2.97. The largest absolute Gasteiger partial charge is 0.0836 e. The third-order valence-electron chi connectivity index (χ3n) is 4.46. The quantitative estimate of drug-likeness (QED) is 0.542. The van der Waals surface area contributed by atoms with Gasteiger partial charge in [0.15, 0.2) is 0 Å². The third kappa shape index (κ3) is 5.32. The highest BCUT2D eigenvalue weighted by atomic mass is 14.1. The Kier molecular flexibility index (Phi) is 6.61. The van der Waals surface area contributed by atoms with Gasteiger partial charge >= 0.3 is 0 Å². The first-order valence-corrected chi connectivity index (χ1v) is 9.35. The van der Waals surface area contributed by atoms with Gasteiger partial charge in [-0.1, -0.05) is 103 Å². The number of rotatable bonds is 2. The van der Waals surface area contributed by atoms with E-state index in [4.69, 9.17) is 0 Å². The topological polar surface area (TPSA) is 0 Å². The highest BCUT2D eigenvalue weighted by Crippen LogP contribution is 2.27. The van der Waals surface area contributed by atoms with Crippen molar-refractivity contribution >= 4 is 5.57 Å². The fourth-order valence-corrected chi connectivity index (χ4v) is 3.04. The molecule has 0 aromatic heterocycles. The Morgan fingerprint density at radius 1 is 0.615 bits per heavy atom. The highest BCUT2D eigenvalue weighted by Gasteiger charge is 2.06. The number of hydrogen-bond acceptors (Lipinski definition) is 0. The van der Waals surface area contributed by atoms with E-state index in [0.717, 1.165) is 12.8 Å². The van der Waals surface area contributed by atoms with Crippen molar-refractivity contribution in [2.45, 2.75) is 26.2 Å². The van der Waals surface area contributed by atoms with Gasteiger partial charge in [-0.05, 0) is 54.5 Å². The van der Waals surface area contributed by atoms with E-state index in [-0.39, 0.29) is 0 Å². The van der Waals surface area contributed by atoms with Crippen LogP contribution in [0.4, 0.5) is 0 Å². The van der Waals surface area contributed by atoms with Gasteiger partial charge in [0.25, 0.3) is 0 Å². The van der Waals surface area contributed by atoms with Gasteiger partial charge in [0.1, 0.15) is 0 Å². The number of hydrogen-bond donors (Lipinski definition) is 0. The zero-order chi connectivity index (χ0) is 18.0. The van der Waals surface area contributed by atoms with Gasteiger partial charge in [-0.2, -0.15) is 0 Å². The monoisotopic (exact) mass is 338 g/mol. The summed E-state index contributed by atoms with van der Waals surface area (Å²) >= 11 is 0. The van der Waals surface area contributed by atoms with E-state index in [1.807, 2.05) is 18.2 Å². The lowest BCUT2D eigenvalue weighted by Gasteiger charge is -2.09. The molecule has 2 aliphatic carbocycles. The van der Waals surface area contributed by atoms with Gasteiger partial charge in [0.05, 0.1) is 0 Å². The van der Waals surface area contributed by atoms with Crippen molar-refractivity contribution in [2.24, 2.45) is 0 Å². The van der Waals surface area contributed by atoms with Crippen molar-refractivity contribution in [3.8, 4) is 0 Å². The molecule has 2 aliphatic rings. The van der Waals surface area contributed by atoms with Crippen molar-refractivity contribution < 1.29 is 0 Å². The number of allylic oxidation sites excluding steroid dienone is 10. The molecule has 130 valence electrons. The first-order valence-electron chi connectivity index (χ1n) is 9.35. The highest BCUT2D eigenvalue weighted by molar-refractivity contribution is 5.77. The van der Waals surface area contributed by atoms with Crippen LogP contribution in [0.25, 0.3) is 5.57 Å². The Balaban J connectivity index is 0.000000236. The van der Waals surface area contributed by atoms with E-state index in [2.05, 4.69) is 91.9 Å². The summed E-state index contributed by atoms with van der Waals surface area (Å²) in [6.45, 7) is 2.08. The van der Waals surface area contributed by atoms with Crippen molar-refractivity contribution in [1.29, 1.82) is 0 Å². The van der Waals surface area contributed by atoms with Gasteiger partial charge in [-0.15, -0.1) is 0 Å². The lowest BCUT2D eigenvalue weighted by Crippen LogP contribution is -1.89. The van der Waals surface area contributed by atoms with E-state index < -0.39 is 0 Å². The molecule has 0 unspecified atom stereocenters. The maximum atomic E-state index is 2.34. The molecule has 0 saturated heterocycles. The van der Waals surface area contributed by atoms with Crippen molar-refractivity contribution in [2.75, 3.05) is 0 Å². The molecule has 0 bridgehead atoms. The lowest BCUT2D eigenvalue weighted by atomic mass is 9.96. The smallest absolute Gasteiger partial charge is 0.0157 e. The number of benzene rings is 2. The molecule has 0 spiro atoms. The Morgan fingerprint density at radius 3 is 1.92 bits per heavy atom. The molecular weight excluding hydrogens is 312 g/mol. The fraction of sp³-hybridized carbons (Fsp3) is 0.154. The molecule has 0 saturated carbocycles. The van der Waals surface area contributed by atoms with Crippen LogP contribution in [0.15, 0.2) is 114 Å². The van der Waals surface area contributed by atoms with Crippen molar-refractivity contribution in [3.05, 3.63) is 125 Å². The zero-order valence-electron chi connectivity index (χ0n) is 15.4. The van der Waals surface area contributed by atoms with Crippen molar-refractivity contribution in [1.82, 2.24) is 0 Å². The minimum Gasteiger partial charge on any atom is -0.0836 e. The first-order chi connectivity index (χ1) is 12.8. The molecule has 0 atom stereocenters. The van der Waals surface area contributed by atoms with E-state index in [0.29, 0.717) is 0 Å². The maximum Gasteiger partial charge on any atom is -0.0157 e. The molecule has 0 nitrogen and oxygen atoms in total. The zero-order valence-corrected chi connectivity index (χ0v) is 15.4. The van der Waals surface area contributed by atoms with Gasteiger partial charge in [0, 0.05) is 0 Å². The summed E-state index contributed by atoms with van der Waals surface area (Å²) in [5.41, 5.74) is 6.61. The second kappa shape index (κ2) is 9.58. The average molecular weight is 338 g/mol. The van der Waals surface area contributed by atoms with Gasteiger partial charge in [-0.3, -0.25) is 0 Å². The second-order valence-corrected chi connectivity index (χ2v) is 6.56. The standard InChI is InChI=1S/C19H18.C7H8/c1-3-9-16(10-4-1)18-13-7-8-14-19(15-18)17-11-5-2-6-12-17;1-7-5-3-2-4-6-7/h1,3-5,8-15H,2,6-7H2;2-6H,1H3. The van der Waals surface area contributed by atoms with E-state index >= 15 is 0 Å². The summed E-state index contributed by atoms with van der Waals surface area (Å²) in [6, 6.07) is 20.9. The molecule has 4 rings (SSSR count). The van der Waals surface area contributed by atoms with Gasteiger partial charge < -0.3 is 0 Å². The van der Waals surface area contributed by atoms with E-state index in [1.165, 1.54) is 34.3 Å². The first kappa shape index (κ1) is 17.9. The summed E-state index contributed by atoms with van der Waals surface area (Å²) in [6.07, 6.45) is 19.3. The van der Waals surface area contributed by atoms with Crippen LogP contribution >= 0.6 is 0 Å². The fourth-order valence-electron chi connectivity index (χ4n) is 3.04. The van der Waals surface area contributed by atoms with E-state index in [9.17, 15) is 0 Å². The molecule has 26 heavy (non-hydrogen) atoms. The maximum absolute atomic E-state index is 2.34. The minimum atomic E-state index is 1.00. The molecule has 0 radical (unpaired) electrons. The molecular formula is C26H26. The predicted molar refractivity (Wildman–Crippen MR) is 114 cm³/mol. The van der Waals surface area contributed by atoms with E-state index in [1.54, 1.807) is 0 Å². The third-order valence-corrected chi connectivity index (χ3v) is 4.46. The Labute approximate surface area is 157 Å². The Hall–Kier alpha value is -2.86. The Morgan fingerprint density at radius 2 is 1.31 bits per heavy atom. The summed E-state index contributed by atoms with van der Waals surface area (Å²) in [7, 11) is 0. The Bertz CT molecular complexity index is 843. The van der Waals surface area contributed by atoms with Crippen LogP contribution in [0, 0.1) is 6.92 Å². The van der Waals surface area contributed by atoms with Crippen LogP contribution in [0.3, 0.4) is 0 Å². The normalized spacial score (nSPS) is 15.8. The van der Waals surface area contributed by atoms with Crippen LogP contribution in [0.5, 0.6) is 0 Å². The molecule has 0 fully saturated rings.